The maximum Gasteiger partial charge on any atom is 0.124 e. The molecule has 1 unspecified atom stereocenters. The van der Waals surface area contributed by atoms with Crippen molar-refractivity contribution in [2.45, 2.75) is 12.5 Å². The van der Waals surface area contributed by atoms with Gasteiger partial charge in [0.05, 0.1) is 0 Å². The minimum atomic E-state index is -0.242. The summed E-state index contributed by atoms with van der Waals surface area (Å²) in [5, 5.41) is 0. The molecule has 0 amide bonds. The Morgan fingerprint density at radius 3 is 2.67 bits per heavy atom. The molecule has 2 aromatic rings. The van der Waals surface area contributed by atoms with Crippen LogP contribution in [0, 0.1) is 9.39 Å². The van der Waals surface area contributed by atoms with Gasteiger partial charge >= 0.3 is 0 Å². The van der Waals surface area contributed by atoms with Crippen molar-refractivity contribution in [3.8, 4) is 0 Å². The molecule has 0 aromatic heterocycles. The highest BCUT2D eigenvalue weighted by Gasteiger charge is 2.10. The summed E-state index contributed by atoms with van der Waals surface area (Å²) in [7, 11) is 0. The molecule has 2 rings (SSSR count). The van der Waals surface area contributed by atoms with Crippen molar-refractivity contribution in [3.05, 3.63) is 67.5 Å². The molecular formula is C14H12BrFIN. The lowest BCUT2D eigenvalue weighted by Crippen LogP contribution is -2.13. The largest absolute Gasteiger partial charge is 0.324 e. The number of nitrogens with two attached hydrogens (primary N) is 1. The Hall–Kier alpha value is -0.460. The summed E-state index contributed by atoms with van der Waals surface area (Å²) in [6.07, 6.45) is 0.682. The Balaban J connectivity index is 2.18. The van der Waals surface area contributed by atoms with Gasteiger partial charge in [-0.3, -0.25) is 0 Å². The third kappa shape index (κ3) is 3.52. The number of halogens is 3. The number of rotatable bonds is 3. The van der Waals surface area contributed by atoms with Gasteiger partial charge in [-0.15, -0.1) is 0 Å². The second-order valence-corrected chi connectivity index (χ2v) is 6.20. The van der Waals surface area contributed by atoms with E-state index in [1.165, 1.54) is 15.7 Å². The van der Waals surface area contributed by atoms with Gasteiger partial charge in [-0.2, -0.15) is 0 Å². The van der Waals surface area contributed by atoms with E-state index in [2.05, 4.69) is 44.6 Å². The minimum Gasteiger partial charge on any atom is -0.324 e. The average molecular weight is 420 g/mol. The summed E-state index contributed by atoms with van der Waals surface area (Å²) in [6.45, 7) is 0. The van der Waals surface area contributed by atoms with Crippen molar-refractivity contribution in [3.63, 3.8) is 0 Å². The zero-order valence-electron chi connectivity index (χ0n) is 9.54. The monoisotopic (exact) mass is 419 g/mol. The molecule has 4 heteroatoms. The van der Waals surface area contributed by atoms with Gasteiger partial charge in [-0.1, -0.05) is 34.1 Å². The summed E-state index contributed by atoms with van der Waals surface area (Å²) in [6, 6.07) is 12.7. The van der Waals surface area contributed by atoms with Crippen LogP contribution in [0.3, 0.4) is 0 Å². The first-order valence-corrected chi connectivity index (χ1v) is 7.38. The van der Waals surface area contributed by atoms with Crippen LogP contribution >= 0.6 is 38.5 Å². The fourth-order valence-electron chi connectivity index (χ4n) is 1.78. The molecule has 18 heavy (non-hydrogen) atoms. The van der Waals surface area contributed by atoms with Crippen LogP contribution in [0.2, 0.25) is 0 Å². The molecule has 0 fully saturated rings. The smallest absolute Gasteiger partial charge is 0.124 e. The Morgan fingerprint density at radius 2 is 2.00 bits per heavy atom. The van der Waals surface area contributed by atoms with Gasteiger partial charge in [0.15, 0.2) is 0 Å². The molecule has 2 N–H and O–H groups in total. The van der Waals surface area contributed by atoms with Crippen molar-refractivity contribution in [2.24, 2.45) is 5.73 Å². The van der Waals surface area contributed by atoms with Gasteiger partial charge in [0, 0.05) is 14.1 Å². The third-order valence-electron chi connectivity index (χ3n) is 2.73. The molecule has 2 aromatic carbocycles. The Labute approximate surface area is 128 Å². The normalized spacial score (nSPS) is 12.4. The molecule has 0 saturated heterocycles. The van der Waals surface area contributed by atoms with E-state index in [0.717, 1.165) is 15.6 Å². The Kier molecular flexibility index (Phi) is 4.75. The highest BCUT2D eigenvalue weighted by atomic mass is 127. The highest BCUT2D eigenvalue weighted by molar-refractivity contribution is 14.1. The van der Waals surface area contributed by atoms with Crippen molar-refractivity contribution in [2.75, 3.05) is 0 Å². The second kappa shape index (κ2) is 6.12. The molecule has 0 spiro atoms. The molecule has 0 radical (unpaired) electrons. The van der Waals surface area contributed by atoms with Crippen LogP contribution in [0.4, 0.5) is 4.39 Å². The topological polar surface area (TPSA) is 26.0 Å². The fraction of sp³-hybridized carbons (Fsp3) is 0.143. The predicted molar refractivity (Wildman–Crippen MR) is 83.9 cm³/mol. The van der Waals surface area contributed by atoms with Crippen LogP contribution in [0.1, 0.15) is 17.2 Å². The standard InChI is InChI=1S/C14H12BrFIN/c15-13-8-11(16)5-4-9(13)7-14(18)10-2-1-3-12(17)6-10/h1-6,8,14H,7,18H2. The van der Waals surface area contributed by atoms with E-state index < -0.39 is 0 Å². The van der Waals surface area contributed by atoms with E-state index in [-0.39, 0.29) is 11.9 Å². The molecule has 0 bridgehead atoms. The first-order valence-electron chi connectivity index (χ1n) is 5.51. The van der Waals surface area contributed by atoms with Gasteiger partial charge < -0.3 is 5.73 Å². The molecule has 94 valence electrons. The number of benzene rings is 2. The van der Waals surface area contributed by atoms with Crippen molar-refractivity contribution in [1.82, 2.24) is 0 Å². The fourth-order valence-corrected chi connectivity index (χ4v) is 2.86. The molecule has 0 aliphatic carbocycles. The SMILES string of the molecule is NC(Cc1ccc(F)cc1Br)c1cccc(I)c1. The van der Waals surface area contributed by atoms with Gasteiger partial charge in [0.2, 0.25) is 0 Å². The van der Waals surface area contributed by atoms with E-state index in [1.807, 2.05) is 18.2 Å². The minimum absolute atomic E-state index is 0.0820. The summed E-state index contributed by atoms with van der Waals surface area (Å²) in [4.78, 5) is 0. The quantitative estimate of drug-likeness (QED) is 0.731. The first kappa shape index (κ1) is 14.0. The Bertz CT molecular complexity index is 559. The lowest BCUT2D eigenvalue weighted by Gasteiger charge is -2.13. The van der Waals surface area contributed by atoms with Gasteiger partial charge in [-0.25, -0.2) is 4.39 Å². The highest BCUT2D eigenvalue weighted by Crippen LogP contribution is 2.24. The molecule has 1 nitrogen and oxygen atoms in total. The molecule has 0 aliphatic rings. The zero-order valence-corrected chi connectivity index (χ0v) is 13.3. The number of hydrogen-bond acceptors (Lipinski definition) is 1. The Morgan fingerprint density at radius 1 is 1.22 bits per heavy atom. The van der Waals surface area contributed by atoms with E-state index in [4.69, 9.17) is 5.73 Å². The van der Waals surface area contributed by atoms with Crippen molar-refractivity contribution >= 4 is 38.5 Å². The molecule has 0 heterocycles. The first-order chi connectivity index (χ1) is 8.56. The number of hydrogen-bond donors (Lipinski definition) is 1. The lowest BCUT2D eigenvalue weighted by atomic mass is 10.00. The lowest BCUT2D eigenvalue weighted by molar-refractivity contribution is 0.624. The van der Waals surface area contributed by atoms with Gasteiger partial charge in [-0.05, 0) is 64.4 Å². The third-order valence-corrected chi connectivity index (χ3v) is 4.14. The summed E-state index contributed by atoms with van der Waals surface area (Å²) in [5.74, 6) is -0.242. The van der Waals surface area contributed by atoms with Crippen molar-refractivity contribution in [1.29, 1.82) is 0 Å². The summed E-state index contributed by atoms with van der Waals surface area (Å²) >= 11 is 5.63. The van der Waals surface area contributed by atoms with Gasteiger partial charge in [0.25, 0.3) is 0 Å². The van der Waals surface area contributed by atoms with Crippen LogP contribution in [0.15, 0.2) is 46.9 Å². The maximum atomic E-state index is 13.0. The average Bonchev–Trinajstić information content (AvgIpc) is 2.32. The van der Waals surface area contributed by atoms with Gasteiger partial charge in [0.1, 0.15) is 5.82 Å². The van der Waals surface area contributed by atoms with Crippen molar-refractivity contribution < 1.29 is 4.39 Å². The zero-order chi connectivity index (χ0) is 13.1. The summed E-state index contributed by atoms with van der Waals surface area (Å²) in [5.41, 5.74) is 8.30. The van der Waals surface area contributed by atoms with Crippen LogP contribution in [0.25, 0.3) is 0 Å². The van der Waals surface area contributed by atoms with E-state index in [0.29, 0.717) is 6.42 Å². The van der Waals surface area contributed by atoms with Crippen LogP contribution in [-0.4, -0.2) is 0 Å². The molecule has 0 saturated carbocycles. The van der Waals surface area contributed by atoms with Crippen LogP contribution < -0.4 is 5.73 Å². The van der Waals surface area contributed by atoms with E-state index >= 15 is 0 Å². The van der Waals surface area contributed by atoms with Crippen LogP contribution in [0.5, 0.6) is 0 Å². The molecular weight excluding hydrogens is 408 g/mol. The molecule has 1 atom stereocenters. The summed E-state index contributed by atoms with van der Waals surface area (Å²) < 4.78 is 14.9. The molecule has 0 aliphatic heterocycles. The maximum absolute atomic E-state index is 13.0. The predicted octanol–water partition coefficient (Wildman–Crippen LogP) is 4.44. The second-order valence-electron chi connectivity index (χ2n) is 4.10. The van der Waals surface area contributed by atoms with E-state index in [1.54, 1.807) is 6.07 Å². The van der Waals surface area contributed by atoms with Crippen LogP contribution in [-0.2, 0) is 6.42 Å². The van der Waals surface area contributed by atoms with E-state index in [9.17, 15) is 4.39 Å².